The van der Waals surface area contributed by atoms with Gasteiger partial charge in [-0.25, -0.2) is 9.67 Å². The summed E-state index contributed by atoms with van der Waals surface area (Å²) in [5.74, 6) is 0.417. The van der Waals surface area contributed by atoms with Crippen molar-refractivity contribution in [3.63, 3.8) is 0 Å². The second-order valence-electron chi connectivity index (χ2n) is 7.11. The van der Waals surface area contributed by atoms with Gasteiger partial charge in [-0.2, -0.15) is 4.98 Å². The Labute approximate surface area is 159 Å². The standard InChI is InChI=1S/C18H20N6O4/c1-9-2-4-11-14(6-9)24(22-17(11)26)18(27)12(19)7-15-21-16(23-28-15)13-5-3-10(25)8-20-13/h3,5,8-9,12,25H,2,4,6-7,19H2,1H3,(H,22,26). The molecule has 3 heterocycles. The molecular formula is C18H20N6O4. The van der Waals surface area contributed by atoms with Gasteiger partial charge in [0.15, 0.2) is 0 Å². The van der Waals surface area contributed by atoms with Crippen molar-refractivity contribution in [3.8, 4) is 17.3 Å². The first-order chi connectivity index (χ1) is 13.4. The summed E-state index contributed by atoms with van der Waals surface area (Å²) in [7, 11) is 0. The van der Waals surface area contributed by atoms with Gasteiger partial charge >= 0.3 is 0 Å². The third-order valence-electron chi connectivity index (χ3n) is 4.91. The van der Waals surface area contributed by atoms with Crippen molar-refractivity contribution in [2.24, 2.45) is 11.7 Å². The molecular weight excluding hydrogens is 364 g/mol. The highest BCUT2D eigenvalue weighted by Gasteiger charge is 2.28. The summed E-state index contributed by atoms with van der Waals surface area (Å²) >= 11 is 0. The Hall–Kier alpha value is -3.27. The van der Waals surface area contributed by atoms with E-state index in [4.69, 9.17) is 10.3 Å². The maximum Gasteiger partial charge on any atom is 0.267 e. The summed E-state index contributed by atoms with van der Waals surface area (Å²) < 4.78 is 6.44. The van der Waals surface area contributed by atoms with E-state index in [9.17, 15) is 14.7 Å². The van der Waals surface area contributed by atoms with Crippen molar-refractivity contribution < 1.29 is 14.4 Å². The van der Waals surface area contributed by atoms with Gasteiger partial charge in [-0.15, -0.1) is 0 Å². The van der Waals surface area contributed by atoms with Gasteiger partial charge in [0.25, 0.3) is 11.5 Å². The summed E-state index contributed by atoms with van der Waals surface area (Å²) in [5.41, 5.74) is 7.62. The third-order valence-corrected chi connectivity index (χ3v) is 4.91. The fraction of sp³-hybridized carbons (Fsp3) is 0.389. The van der Waals surface area contributed by atoms with Gasteiger partial charge in [0.05, 0.1) is 24.4 Å². The van der Waals surface area contributed by atoms with E-state index < -0.39 is 11.9 Å². The maximum absolute atomic E-state index is 12.8. The number of hydrogen-bond acceptors (Lipinski definition) is 8. The predicted octanol–water partition coefficient (Wildman–Crippen LogP) is 0.662. The van der Waals surface area contributed by atoms with Crippen LogP contribution >= 0.6 is 0 Å². The highest BCUT2D eigenvalue weighted by molar-refractivity contribution is 5.84. The Bertz CT molecular complexity index is 1060. The SMILES string of the molecule is CC1CCc2c(n(C(=O)C(N)Cc3nc(-c4ccc(O)cn4)no3)[nH]c2=O)C1. The number of carbonyl (C=O) groups is 1. The predicted molar refractivity (Wildman–Crippen MR) is 97.7 cm³/mol. The van der Waals surface area contributed by atoms with Gasteiger partial charge in [-0.05, 0) is 37.3 Å². The highest BCUT2D eigenvalue weighted by Crippen LogP contribution is 2.23. The molecule has 4 N–H and O–H groups in total. The average Bonchev–Trinajstić information content (AvgIpc) is 3.26. The molecule has 146 valence electrons. The zero-order valence-corrected chi connectivity index (χ0v) is 15.3. The number of aromatic amines is 1. The van der Waals surface area contributed by atoms with Gasteiger partial charge in [0.1, 0.15) is 11.4 Å². The van der Waals surface area contributed by atoms with Crippen molar-refractivity contribution in [2.75, 3.05) is 0 Å². The van der Waals surface area contributed by atoms with E-state index in [-0.39, 0.29) is 29.4 Å². The van der Waals surface area contributed by atoms with E-state index in [2.05, 4.69) is 27.1 Å². The van der Waals surface area contributed by atoms with E-state index in [0.29, 0.717) is 35.7 Å². The topological polar surface area (TPSA) is 153 Å². The van der Waals surface area contributed by atoms with Crippen LogP contribution in [0.25, 0.3) is 11.5 Å². The van der Waals surface area contributed by atoms with Crippen LogP contribution in [0.5, 0.6) is 5.75 Å². The smallest absolute Gasteiger partial charge is 0.267 e. The molecule has 1 aliphatic carbocycles. The van der Waals surface area contributed by atoms with E-state index in [1.807, 2.05) is 0 Å². The summed E-state index contributed by atoms with van der Waals surface area (Å²) in [6.07, 6.45) is 3.54. The number of aromatic nitrogens is 5. The van der Waals surface area contributed by atoms with Crippen LogP contribution in [0.1, 0.15) is 35.3 Å². The molecule has 4 rings (SSSR count). The fourth-order valence-electron chi connectivity index (χ4n) is 3.39. The lowest BCUT2D eigenvalue weighted by molar-refractivity contribution is 0.0852. The van der Waals surface area contributed by atoms with Gasteiger partial charge < -0.3 is 15.4 Å². The Morgan fingerprint density at radius 1 is 1.50 bits per heavy atom. The molecule has 0 radical (unpaired) electrons. The minimum atomic E-state index is -0.953. The molecule has 1 aliphatic rings. The molecule has 0 aromatic carbocycles. The maximum atomic E-state index is 12.8. The molecule has 0 saturated heterocycles. The molecule has 28 heavy (non-hydrogen) atoms. The number of hydrogen-bond donors (Lipinski definition) is 3. The van der Waals surface area contributed by atoms with Crippen LogP contribution in [-0.4, -0.2) is 42.0 Å². The van der Waals surface area contributed by atoms with Gasteiger partial charge in [0, 0.05) is 5.56 Å². The summed E-state index contributed by atoms with van der Waals surface area (Å²) in [6, 6.07) is 2.05. The number of fused-ring (bicyclic) bond motifs is 1. The monoisotopic (exact) mass is 384 g/mol. The average molecular weight is 384 g/mol. The van der Waals surface area contributed by atoms with Crippen molar-refractivity contribution in [1.29, 1.82) is 0 Å². The van der Waals surface area contributed by atoms with Crippen LogP contribution in [-0.2, 0) is 19.3 Å². The number of carbonyl (C=O) groups excluding carboxylic acids is 1. The second kappa shape index (κ2) is 7.04. The number of H-pyrrole nitrogens is 1. The molecule has 0 saturated carbocycles. The van der Waals surface area contributed by atoms with Crippen molar-refractivity contribution >= 4 is 5.91 Å². The minimum Gasteiger partial charge on any atom is -0.506 e. The first kappa shape index (κ1) is 18.1. The van der Waals surface area contributed by atoms with E-state index >= 15 is 0 Å². The van der Waals surface area contributed by atoms with Crippen LogP contribution < -0.4 is 11.3 Å². The zero-order valence-electron chi connectivity index (χ0n) is 15.3. The van der Waals surface area contributed by atoms with Crippen LogP contribution in [0.2, 0.25) is 0 Å². The quantitative estimate of drug-likeness (QED) is 0.593. The summed E-state index contributed by atoms with van der Waals surface area (Å²) in [4.78, 5) is 33.1. The summed E-state index contributed by atoms with van der Waals surface area (Å²) in [6.45, 7) is 2.09. The van der Waals surface area contributed by atoms with Crippen LogP contribution in [0.3, 0.4) is 0 Å². The first-order valence-corrected chi connectivity index (χ1v) is 9.03. The van der Waals surface area contributed by atoms with Crippen molar-refractivity contribution in [2.45, 2.75) is 38.6 Å². The molecule has 2 unspecified atom stereocenters. The van der Waals surface area contributed by atoms with E-state index in [1.54, 1.807) is 6.07 Å². The first-order valence-electron chi connectivity index (χ1n) is 9.03. The Balaban J connectivity index is 1.52. The zero-order chi connectivity index (χ0) is 19.8. The molecule has 0 fully saturated rings. The fourth-order valence-corrected chi connectivity index (χ4v) is 3.39. The molecule has 0 bridgehead atoms. The van der Waals surface area contributed by atoms with E-state index in [1.165, 1.54) is 16.9 Å². The third kappa shape index (κ3) is 3.33. The van der Waals surface area contributed by atoms with Crippen molar-refractivity contribution in [1.82, 2.24) is 24.9 Å². The molecule has 2 atom stereocenters. The molecule has 0 amide bonds. The molecule has 3 aromatic heterocycles. The molecule has 0 aliphatic heterocycles. The molecule has 0 spiro atoms. The Kier molecular flexibility index (Phi) is 4.55. The number of nitrogens with zero attached hydrogens (tertiary/aromatic N) is 4. The lowest BCUT2D eigenvalue weighted by Crippen LogP contribution is -2.38. The number of pyridine rings is 1. The van der Waals surface area contributed by atoms with Gasteiger partial charge in [-0.1, -0.05) is 12.1 Å². The largest absolute Gasteiger partial charge is 0.506 e. The highest BCUT2D eigenvalue weighted by atomic mass is 16.5. The molecule has 10 heteroatoms. The lowest BCUT2D eigenvalue weighted by atomic mass is 9.89. The van der Waals surface area contributed by atoms with Gasteiger partial charge in [0.2, 0.25) is 11.7 Å². The number of rotatable bonds is 4. The number of nitrogens with two attached hydrogens (primary N) is 1. The van der Waals surface area contributed by atoms with Crippen LogP contribution in [0.15, 0.2) is 27.6 Å². The lowest BCUT2D eigenvalue weighted by Gasteiger charge is -2.19. The summed E-state index contributed by atoms with van der Waals surface area (Å²) in [5, 5.41) is 15.7. The van der Waals surface area contributed by atoms with E-state index in [0.717, 1.165) is 6.42 Å². The molecule has 3 aromatic rings. The van der Waals surface area contributed by atoms with Crippen molar-refractivity contribution in [3.05, 3.63) is 45.8 Å². The van der Waals surface area contributed by atoms with Gasteiger partial charge in [-0.3, -0.25) is 14.7 Å². The Morgan fingerprint density at radius 3 is 3.07 bits per heavy atom. The molecule has 10 nitrogen and oxygen atoms in total. The van der Waals surface area contributed by atoms with Crippen LogP contribution in [0, 0.1) is 5.92 Å². The number of aromatic hydroxyl groups is 1. The second-order valence-corrected chi connectivity index (χ2v) is 7.11. The number of nitrogens with one attached hydrogen (secondary N) is 1. The Morgan fingerprint density at radius 2 is 2.32 bits per heavy atom. The minimum absolute atomic E-state index is 0.0223. The van der Waals surface area contributed by atoms with Crippen LogP contribution in [0.4, 0.5) is 0 Å². The normalized spacial score (nSPS) is 17.3.